The van der Waals surface area contributed by atoms with Crippen LogP contribution >= 0.6 is 0 Å². The summed E-state index contributed by atoms with van der Waals surface area (Å²) in [6, 6.07) is 3.45. The van der Waals surface area contributed by atoms with Crippen LogP contribution in [-0.4, -0.2) is 41.6 Å². The van der Waals surface area contributed by atoms with Crippen molar-refractivity contribution >= 4 is 23.1 Å². The molecule has 6 nitrogen and oxygen atoms in total. The van der Waals surface area contributed by atoms with E-state index in [4.69, 9.17) is 0 Å². The van der Waals surface area contributed by atoms with Gasteiger partial charge in [-0.15, -0.1) is 0 Å². The molecule has 0 bridgehead atoms. The summed E-state index contributed by atoms with van der Waals surface area (Å²) in [5, 5.41) is 0.409. The van der Waals surface area contributed by atoms with Gasteiger partial charge < -0.3 is 14.2 Å². The van der Waals surface area contributed by atoms with E-state index in [0.29, 0.717) is 17.6 Å². The van der Waals surface area contributed by atoms with E-state index < -0.39 is 5.97 Å². The van der Waals surface area contributed by atoms with E-state index in [1.807, 2.05) is 38.2 Å². The molecule has 0 radical (unpaired) electrons. The number of rotatable bonds is 4. The van der Waals surface area contributed by atoms with Crippen molar-refractivity contribution in [1.29, 1.82) is 0 Å². The maximum absolute atomic E-state index is 12.4. The fourth-order valence-electron chi connectivity index (χ4n) is 2.09. The molecule has 2 aromatic heterocycles. The molecule has 2 rings (SSSR count). The summed E-state index contributed by atoms with van der Waals surface area (Å²) < 4.78 is 6.44. The summed E-state index contributed by atoms with van der Waals surface area (Å²) >= 11 is 0. The minimum Gasteiger partial charge on any atom is -0.465 e. The Morgan fingerprint density at radius 1 is 1.41 bits per heavy atom. The van der Waals surface area contributed by atoms with E-state index in [2.05, 4.69) is 9.72 Å². The summed E-state index contributed by atoms with van der Waals surface area (Å²) in [5.74, 6) is -0.634. The zero-order valence-electron chi connectivity index (χ0n) is 13.2. The minimum absolute atomic E-state index is 0.0234. The van der Waals surface area contributed by atoms with Crippen molar-refractivity contribution in [3.05, 3.63) is 46.0 Å². The number of esters is 1. The minimum atomic E-state index is -0.634. The van der Waals surface area contributed by atoms with E-state index in [0.717, 1.165) is 5.69 Å². The number of aromatic nitrogens is 2. The van der Waals surface area contributed by atoms with Crippen molar-refractivity contribution < 1.29 is 9.53 Å². The lowest BCUT2D eigenvalue weighted by Gasteiger charge is -2.10. The second kappa shape index (κ2) is 6.43. The van der Waals surface area contributed by atoms with Crippen LogP contribution in [0.5, 0.6) is 0 Å². The Balaban J connectivity index is 2.68. The molecule has 0 aromatic carbocycles. The second-order valence-electron chi connectivity index (χ2n) is 5.04. The molecule has 0 saturated heterocycles. The molecule has 0 aliphatic rings. The number of carbonyl (C=O) groups is 1. The van der Waals surface area contributed by atoms with Gasteiger partial charge >= 0.3 is 5.97 Å². The van der Waals surface area contributed by atoms with Crippen LogP contribution < -0.4 is 5.43 Å². The van der Waals surface area contributed by atoms with Crippen LogP contribution in [0.2, 0.25) is 0 Å². The normalized spacial score (nSPS) is 11.1. The third-order valence-electron chi connectivity index (χ3n) is 3.23. The highest BCUT2D eigenvalue weighted by Crippen LogP contribution is 2.12. The molecule has 0 aliphatic carbocycles. The molecular weight excluding hydrogens is 282 g/mol. The van der Waals surface area contributed by atoms with Crippen molar-refractivity contribution in [2.45, 2.75) is 13.5 Å². The van der Waals surface area contributed by atoms with Crippen molar-refractivity contribution in [3.63, 3.8) is 0 Å². The van der Waals surface area contributed by atoms with Crippen LogP contribution in [0.15, 0.2) is 29.3 Å². The summed E-state index contributed by atoms with van der Waals surface area (Å²) in [6.45, 7) is 2.52. The molecule has 2 aromatic rings. The molecule has 0 N–H and O–H groups in total. The molecule has 0 unspecified atom stereocenters. The molecule has 116 valence electrons. The molecule has 0 spiro atoms. The van der Waals surface area contributed by atoms with Gasteiger partial charge in [0.2, 0.25) is 5.43 Å². The maximum Gasteiger partial charge on any atom is 0.343 e. The zero-order valence-corrected chi connectivity index (χ0v) is 13.2. The van der Waals surface area contributed by atoms with Gasteiger partial charge in [0.05, 0.1) is 18.2 Å². The first-order chi connectivity index (χ1) is 10.5. The van der Waals surface area contributed by atoms with Crippen molar-refractivity contribution in [2.75, 3.05) is 21.2 Å². The van der Waals surface area contributed by atoms with Crippen molar-refractivity contribution in [3.8, 4) is 0 Å². The number of ether oxygens (including phenoxy) is 1. The first-order valence-corrected chi connectivity index (χ1v) is 6.95. The second-order valence-corrected chi connectivity index (χ2v) is 5.04. The molecule has 2 heterocycles. The molecule has 22 heavy (non-hydrogen) atoms. The van der Waals surface area contributed by atoms with Crippen LogP contribution in [0.4, 0.5) is 0 Å². The van der Waals surface area contributed by atoms with Gasteiger partial charge in [0.25, 0.3) is 0 Å². The van der Waals surface area contributed by atoms with Gasteiger partial charge in [0.1, 0.15) is 11.2 Å². The first kappa shape index (κ1) is 15.8. The molecular formula is C16H19N3O3. The van der Waals surface area contributed by atoms with Crippen LogP contribution in [0, 0.1) is 0 Å². The Morgan fingerprint density at radius 2 is 2.14 bits per heavy atom. The third kappa shape index (κ3) is 3.00. The molecule has 6 heteroatoms. The van der Waals surface area contributed by atoms with Gasteiger partial charge in [-0.2, -0.15) is 0 Å². The van der Waals surface area contributed by atoms with Crippen LogP contribution in [-0.2, 0) is 11.3 Å². The third-order valence-corrected chi connectivity index (χ3v) is 3.23. The van der Waals surface area contributed by atoms with Gasteiger partial charge in [-0.25, -0.2) is 9.78 Å². The molecule has 0 saturated carbocycles. The highest BCUT2D eigenvalue weighted by atomic mass is 16.5. The number of aryl methyl sites for hydroxylation is 1. The molecule has 0 aliphatic heterocycles. The fraction of sp³-hybridized carbons (Fsp3) is 0.312. The van der Waals surface area contributed by atoms with E-state index in [-0.39, 0.29) is 11.0 Å². The van der Waals surface area contributed by atoms with Crippen LogP contribution in [0.3, 0.4) is 0 Å². The number of pyridine rings is 2. The predicted octanol–water partition coefficient (Wildman–Crippen LogP) is 1.74. The number of fused-ring (bicyclic) bond motifs is 1. The van der Waals surface area contributed by atoms with E-state index >= 15 is 0 Å². The maximum atomic E-state index is 12.4. The zero-order chi connectivity index (χ0) is 16.3. The van der Waals surface area contributed by atoms with E-state index in [1.54, 1.807) is 16.7 Å². The van der Waals surface area contributed by atoms with Gasteiger partial charge in [0.15, 0.2) is 0 Å². The first-order valence-electron chi connectivity index (χ1n) is 6.95. The summed E-state index contributed by atoms with van der Waals surface area (Å²) in [6.07, 6.45) is 5.24. The number of methoxy groups -OCH3 is 1. The number of hydrogen-bond donors (Lipinski definition) is 0. The molecule has 0 fully saturated rings. The predicted molar refractivity (Wildman–Crippen MR) is 85.7 cm³/mol. The monoisotopic (exact) mass is 301 g/mol. The van der Waals surface area contributed by atoms with Gasteiger partial charge in [-0.1, -0.05) is 0 Å². The average molecular weight is 301 g/mol. The van der Waals surface area contributed by atoms with Crippen molar-refractivity contribution in [1.82, 2.24) is 14.5 Å². The summed E-state index contributed by atoms with van der Waals surface area (Å²) in [5.41, 5.74) is 0.965. The Morgan fingerprint density at radius 3 is 2.73 bits per heavy atom. The van der Waals surface area contributed by atoms with Crippen molar-refractivity contribution in [2.24, 2.45) is 0 Å². The van der Waals surface area contributed by atoms with Gasteiger partial charge in [-0.3, -0.25) is 4.79 Å². The average Bonchev–Trinajstić information content (AvgIpc) is 2.52. The number of nitrogens with zero attached hydrogens (tertiary/aromatic N) is 3. The van der Waals surface area contributed by atoms with Gasteiger partial charge in [-0.05, 0) is 25.1 Å². The highest BCUT2D eigenvalue weighted by Gasteiger charge is 2.16. The summed E-state index contributed by atoms with van der Waals surface area (Å²) in [4.78, 5) is 30.5. The number of hydrogen-bond acceptors (Lipinski definition) is 5. The Bertz CT molecular complexity index is 791. The lowest BCUT2D eigenvalue weighted by atomic mass is 10.1. The van der Waals surface area contributed by atoms with E-state index in [9.17, 15) is 9.59 Å². The topological polar surface area (TPSA) is 64.4 Å². The largest absolute Gasteiger partial charge is 0.465 e. The Labute approximate surface area is 128 Å². The lowest BCUT2D eigenvalue weighted by Crippen LogP contribution is -2.20. The van der Waals surface area contributed by atoms with Crippen LogP contribution in [0.25, 0.3) is 17.1 Å². The quantitative estimate of drug-likeness (QED) is 0.805. The standard InChI is InChI=1S/C16H19N3O3/c1-5-19-10-13(16(21)22-4)14(20)12-7-6-11(17-15(12)19)8-9-18(2)3/h6-10H,5H2,1-4H3/b9-8+. The molecule has 0 amide bonds. The fourth-order valence-corrected chi connectivity index (χ4v) is 2.09. The Kier molecular flexibility index (Phi) is 4.60. The van der Waals surface area contributed by atoms with Crippen LogP contribution in [0.1, 0.15) is 23.0 Å². The number of carbonyl (C=O) groups excluding carboxylic acids is 1. The molecule has 0 atom stereocenters. The highest BCUT2D eigenvalue weighted by molar-refractivity contribution is 5.93. The Hall–Kier alpha value is -2.63. The SMILES string of the molecule is CCn1cc(C(=O)OC)c(=O)c2ccc(/C=C/N(C)C)nc21. The smallest absolute Gasteiger partial charge is 0.343 e. The van der Waals surface area contributed by atoms with E-state index in [1.165, 1.54) is 13.3 Å². The lowest BCUT2D eigenvalue weighted by molar-refractivity contribution is 0.0598. The summed E-state index contributed by atoms with van der Waals surface area (Å²) in [7, 11) is 5.10. The van der Waals surface area contributed by atoms with Gasteiger partial charge in [0, 0.05) is 33.0 Å².